The number of hydrogen-bond donors (Lipinski definition) is 0. The summed E-state index contributed by atoms with van der Waals surface area (Å²) in [7, 11) is 0. The third-order valence-corrected chi connectivity index (χ3v) is 7.34. The van der Waals surface area contributed by atoms with Gasteiger partial charge in [-0.2, -0.15) is 5.26 Å². The molecule has 1 atom stereocenters. The molecule has 0 fully saturated rings. The minimum absolute atomic E-state index is 0.0549. The lowest BCUT2D eigenvalue weighted by molar-refractivity contribution is 0.509. The predicted octanol–water partition coefficient (Wildman–Crippen LogP) is 4.93. The average Bonchev–Trinajstić information content (AvgIpc) is 3.06. The van der Waals surface area contributed by atoms with E-state index in [9.17, 15) is 4.79 Å². The van der Waals surface area contributed by atoms with Crippen molar-refractivity contribution in [2.24, 2.45) is 5.92 Å². The van der Waals surface area contributed by atoms with Crippen molar-refractivity contribution >= 4 is 33.3 Å². The molecular weight excluding hydrogens is 386 g/mol. The van der Waals surface area contributed by atoms with E-state index in [0.717, 1.165) is 40.2 Å². The van der Waals surface area contributed by atoms with Crippen molar-refractivity contribution in [1.29, 1.82) is 5.26 Å². The summed E-state index contributed by atoms with van der Waals surface area (Å²) >= 11 is 3.24. The van der Waals surface area contributed by atoms with Crippen LogP contribution < -0.4 is 5.56 Å². The normalized spacial score (nSPS) is 15.9. The Labute approximate surface area is 172 Å². The second kappa shape index (κ2) is 7.94. The number of allylic oxidation sites excluding steroid dienone is 1. The molecule has 0 aliphatic heterocycles. The Balaban J connectivity index is 1.72. The molecule has 1 unspecified atom stereocenters. The van der Waals surface area contributed by atoms with Gasteiger partial charge >= 0.3 is 0 Å². The highest BCUT2D eigenvalue weighted by Crippen LogP contribution is 2.36. The number of hydrogen-bond acceptors (Lipinski definition) is 5. The Morgan fingerprint density at radius 2 is 2.21 bits per heavy atom. The van der Waals surface area contributed by atoms with E-state index < -0.39 is 0 Å². The molecule has 6 heteroatoms. The van der Waals surface area contributed by atoms with Gasteiger partial charge < -0.3 is 0 Å². The van der Waals surface area contributed by atoms with E-state index in [4.69, 9.17) is 10.2 Å². The highest BCUT2D eigenvalue weighted by molar-refractivity contribution is 7.98. The van der Waals surface area contributed by atoms with Crippen molar-refractivity contribution in [3.63, 3.8) is 0 Å². The number of nitrogens with zero attached hydrogens (tertiary/aromatic N) is 3. The van der Waals surface area contributed by atoms with Crippen LogP contribution in [0.25, 0.3) is 10.2 Å². The molecule has 28 heavy (non-hydrogen) atoms. The minimum atomic E-state index is 0.0549. The Morgan fingerprint density at radius 1 is 1.43 bits per heavy atom. The largest absolute Gasteiger partial charge is 0.283 e. The minimum Gasteiger partial charge on any atom is -0.283 e. The first kappa shape index (κ1) is 19.0. The van der Waals surface area contributed by atoms with E-state index >= 15 is 0 Å². The zero-order valence-electron chi connectivity index (χ0n) is 15.8. The molecular formula is C22H21N3OS2. The Bertz CT molecular complexity index is 1140. The van der Waals surface area contributed by atoms with Gasteiger partial charge in [0.05, 0.1) is 17.0 Å². The number of thioether (sulfide) groups is 1. The molecule has 1 aliphatic rings. The molecule has 4 nitrogen and oxygen atoms in total. The van der Waals surface area contributed by atoms with Gasteiger partial charge in [0.15, 0.2) is 5.16 Å². The molecule has 1 aliphatic carbocycles. The maximum absolute atomic E-state index is 13.3. The van der Waals surface area contributed by atoms with E-state index in [1.807, 2.05) is 24.3 Å². The van der Waals surface area contributed by atoms with E-state index in [0.29, 0.717) is 23.8 Å². The summed E-state index contributed by atoms with van der Waals surface area (Å²) in [6.45, 7) is 6.55. The maximum Gasteiger partial charge on any atom is 0.263 e. The van der Waals surface area contributed by atoms with Gasteiger partial charge in [-0.3, -0.25) is 9.36 Å². The van der Waals surface area contributed by atoms with Gasteiger partial charge in [0.1, 0.15) is 4.83 Å². The lowest BCUT2D eigenvalue weighted by Gasteiger charge is -2.17. The highest BCUT2D eigenvalue weighted by atomic mass is 32.2. The molecule has 2 aromatic heterocycles. The number of nitriles is 1. The van der Waals surface area contributed by atoms with Crippen molar-refractivity contribution in [3.8, 4) is 6.07 Å². The third kappa shape index (κ3) is 3.52. The molecule has 0 saturated carbocycles. The number of fused-ring (bicyclic) bond motifs is 3. The fourth-order valence-corrected chi connectivity index (χ4v) is 6.02. The summed E-state index contributed by atoms with van der Waals surface area (Å²) in [5.41, 5.74) is 3.02. The number of aromatic nitrogens is 2. The van der Waals surface area contributed by atoms with Crippen molar-refractivity contribution in [2.45, 2.75) is 43.6 Å². The van der Waals surface area contributed by atoms with Crippen LogP contribution in [0.3, 0.4) is 0 Å². The summed E-state index contributed by atoms with van der Waals surface area (Å²) in [6.07, 6.45) is 4.90. The van der Waals surface area contributed by atoms with Crippen LogP contribution in [-0.2, 0) is 25.1 Å². The van der Waals surface area contributed by atoms with Crippen molar-refractivity contribution < 1.29 is 0 Å². The van der Waals surface area contributed by atoms with Crippen LogP contribution >= 0.6 is 23.1 Å². The van der Waals surface area contributed by atoms with Gasteiger partial charge in [-0.05, 0) is 48.4 Å². The fourth-order valence-electron chi connectivity index (χ4n) is 3.63. The molecule has 0 spiro atoms. The number of aryl methyl sites for hydroxylation is 1. The average molecular weight is 408 g/mol. The summed E-state index contributed by atoms with van der Waals surface area (Å²) in [5.74, 6) is 1.37. The third-order valence-electron chi connectivity index (χ3n) is 5.14. The van der Waals surface area contributed by atoms with Crippen molar-refractivity contribution in [3.05, 3.63) is 68.8 Å². The van der Waals surface area contributed by atoms with Crippen LogP contribution in [0, 0.1) is 17.2 Å². The fraction of sp³-hybridized carbons (Fsp3) is 0.318. The lowest BCUT2D eigenvalue weighted by Crippen LogP contribution is -2.23. The van der Waals surface area contributed by atoms with Crippen LogP contribution in [0.2, 0.25) is 0 Å². The monoisotopic (exact) mass is 407 g/mol. The number of rotatable bonds is 5. The Kier molecular flexibility index (Phi) is 5.38. The second-order valence-electron chi connectivity index (χ2n) is 7.23. The Hall–Kier alpha value is -2.36. The first-order valence-electron chi connectivity index (χ1n) is 9.38. The zero-order valence-corrected chi connectivity index (χ0v) is 17.4. The van der Waals surface area contributed by atoms with Gasteiger partial charge in [-0.15, -0.1) is 17.9 Å². The standard InChI is InChI=1S/C22H21N3OS2/c1-3-10-25-21(26)19-17-9-4-14(2)11-18(17)28-20(19)24-22(25)27-13-16-7-5-15(12-23)6-8-16/h3,5-8,14H,1,4,9-11,13H2,2H3. The molecule has 4 rings (SSSR count). The number of thiophene rings is 1. The molecule has 0 N–H and O–H groups in total. The zero-order chi connectivity index (χ0) is 19.7. The summed E-state index contributed by atoms with van der Waals surface area (Å²) < 4.78 is 1.74. The van der Waals surface area contributed by atoms with Crippen LogP contribution in [0.4, 0.5) is 0 Å². The molecule has 0 bridgehead atoms. The quantitative estimate of drug-likeness (QED) is 0.342. The Morgan fingerprint density at radius 3 is 2.93 bits per heavy atom. The molecule has 0 saturated heterocycles. The van der Waals surface area contributed by atoms with Crippen LogP contribution in [-0.4, -0.2) is 9.55 Å². The van der Waals surface area contributed by atoms with Gasteiger partial charge in [0.2, 0.25) is 0 Å². The summed E-state index contributed by atoms with van der Waals surface area (Å²) in [6, 6.07) is 9.67. The second-order valence-corrected chi connectivity index (χ2v) is 9.25. The van der Waals surface area contributed by atoms with Gasteiger partial charge in [0, 0.05) is 17.2 Å². The van der Waals surface area contributed by atoms with E-state index in [1.54, 1.807) is 33.7 Å². The molecule has 3 aromatic rings. The van der Waals surface area contributed by atoms with E-state index in [1.165, 1.54) is 10.4 Å². The van der Waals surface area contributed by atoms with Gasteiger partial charge in [-0.1, -0.05) is 36.9 Å². The lowest BCUT2D eigenvalue weighted by atomic mass is 9.89. The van der Waals surface area contributed by atoms with E-state index in [2.05, 4.69) is 19.6 Å². The van der Waals surface area contributed by atoms with E-state index in [-0.39, 0.29) is 5.56 Å². The summed E-state index contributed by atoms with van der Waals surface area (Å²) in [4.78, 5) is 20.4. The van der Waals surface area contributed by atoms with Gasteiger partial charge in [-0.25, -0.2) is 4.98 Å². The van der Waals surface area contributed by atoms with Gasteiger partial charge in [0.25, 0.3) is 5.56 Å². The van der Waals surface area contributed by atoms with Crippen LogP contribution in [0.15, 0.2) is 46.9 Å². The number of benzene rings is 1. The molecule has 0 radical (unpaired) electrons. The van der Waals surface area contributed by atoms with Crippen molar-refractivity contribution in [1.82, 2.24) is 9.55 Å². The smallest absolute Gasteiger partial charge is 0.263 e. The maximum atomic E-state index is 13.3. The van der Waals surface area contributed by atoms with Crippen molar-refractivity contribution in [2.75, 3.05) is 0 Å². The first-order valence-corrected chi connectivity index (χ1v) is 11.2. The van der Waals surface area contributed by atoms with Crippen LogP contribution in [0.5, 0.6) is 0 Å². The highest BCUT2D eigenvalue weighted by Gasteiger charge is 2.24. The topological polar surface area (TPSA) is 58.7 Å². The van der Waals surface area contributed by atoms with Crippen LogP contribution in [0.1, 0.15) is 34.9 Å². The summed E-state index contributed by atoms with van der Waals surface area (Å²) in [5, 5.41) is 10.5. The molecule has 142 valence electrons. The SMILES string of the molecule is C=CCn1c(SCc2ccc(C#N)cc2)nc2sc3c(c2c1=O)CCC(C)C3. The molecule has 0 amide bonds. The molecule has 2 heterocycles. The first-order chi connectivity index (χ1) is 13.6. The predicted molar refractivity (Wildman–Crippen MR) is 116 cm³/mol. The molecule has 1 aromatic carbocycles.